The molecule has 1 heterocycles. The van der Waals surface area contributed by atoms with E-state index in [0.717, 1.165) is 38.5 Å². The van der Waals surface area contributed by atoms with Gasteiger partial charge >= 0.3 is 0 Å². The van der Waals surface area contributed by atoms with Crippen LogP contribution < -0.4 is 0 Å². The van der Waals surface area contributed by atoms with Gasteiger partial charge in [0, 0.05) is 5.41 Å². The Kier molecular flexibility index (Phi) is 3.03. The van der Waals surface area contributed by atoms with Crippen molar-refractivity contribution in [2.24, 2.45) is 28.6 Å². The minimum atomic E-state index is -0.511. The number of fused-ring (bicyclic) bond motifs is 7. The largest absolute Gasteiger partial charge is 0.393 e. The maximum atomic E-state index is 12.6. The molecule has 0 spiro atoms. The van der Waals surface area contributed by atoms with E-state index in [0.29, 0.717) is 17.8 Å². The van der Waals surface area contributed by atoms with Gasteiger partial charge in [0.1, 0.15) is 5.60 Å². The number of epoxide rings is 1. The van der Waals surface area contributed by atoms with Crippen molar-refractivity contribution in [2.45, 2.75) is 89.9 Å². The van der Waals surface area contributed by atoms with Crippen LogP contribution in [0.3, 0.4) is 0 Å². The molecule has 25 heavy (non-hydrogen) atoms. The van der Waals surface area contributed by atoms with Gasteiger partial charge in [-0.05, 0) is 82.0 Å². The van der Waals surface area contributed by atoms with E-state index in [9.17, 15) is 9.90 Å². The highest BCUT2D eigenvalue weighted by Gasteiger charge is 2.85. The number of allylic oxidation sites excluding steroid dienone is 1. The van der Waals surface area contributed by atoms with Gasteiger partial charge in [-0.1, -0.05) is 25.5 Å². The Morgan fingerprint density at radius 3 is 2.68 bits per heavy atom. The van der Waals surface area contributed by atoms with E-state index in [-0.39, 0.29) is 28.3 Å². The molecule has 4 aliphatic carbocycles. The van der Waals surface area contributed by atoms with E-state index in [4.69, 9.17) is 4.74 Å². The molecule has 0 amide bonds. The predicted octanol–water partition coefficient (Wildman–Crippen LogP) is 4.04. The van der Waals surface area contributed by atoms with E-state index in [1.807, 2.05) is 0 Å². The third kappa shape index (κ3) is 1.69. The first-order valence-electron chi connectivity index (χ1n) is 10.3. The lowest BCUT2D eigenvalue weighted by Crippen LogP contribution is -2.54. The van der Waals surface area contributed by atoms with Gasteiger partial charge < -0.3 is 9.84 Å². The zero-order chi connectivity index (χ0) is 17.8. The number of hydrogen-bond acceptors (Lipinski definition) is 3. The van der Waals surface area contributed by atoms with Gasteiger partial charge in [-0.15, -0.1) is 0 Å². The third-order valence-electron chi connectivity index (χ3n) is 9.46. The van der Waals surface area contributed by atoms with Crippen molar-refractivity contribution >= 4 is 5.78 Å². The number of carbonyl (C=O) groups is 1. The lowest BCUT2D eigenvalue weighted by molar-refractivity contribution is -0.135. The van der Waals surface area contributed by atoms with E-state index in [1.165, 1.54) is 12.0 Å². The molecule has 1 N–H and O–H groups in total. The Balaban J connectivity index is 1.53. The zero-order valence-electron chi connectivity index (χ0n) is 16.1. The highest BCUT2D eigenvalue weighted by molar-refractivity contribution is 5.91. The van der Waals surface area contributed by atoms with Crippen molar-refractivity contribution in [3.63, 3.8) is 0 Å². The summed E-state index contributed by atoms with van der Waals surface area (Å²) in [5.41, 5.74) is 1.05. The SMILES string of the molecule is CC(=O)[C@]12O[C@]1(C)C[C@@H]1[C@H]3CC=C4C[C@@H](O)CC[C@]4(C)[C@@H]3CC[C@@]12C. The normalized spacial score (nSPS) is 59.2. The van der Waals surface area contributed by atoms with Crippen LogP contribution >= 0.6 is 0 Å². The van der Waals surface area contributed by atoms with E-state index < -0.39 is 5.60 Å². The van der Waals surface area contributed by atoms with Crippen LogP contribution in [0.2, 0.25) is 0 Å². The van der Waals surface area contributed by atoms with Gasteiger partial charge in [0.05, 0.1) is 6.10 Å². The highest BCUT2D eigenvalue weighted by atomic mass is 16.6. The number of aliphatic hydroxyl groups is 1. The van der Waals surface area contributed by atoms with Gasteiger partial charge in [-0.25, -0.2) is 0 Å². The Bertz CT molecular complexity index is 683. The molecule has 5 rings (SSSR count). The first-order chi connectivity index (χ1) is 11.7. The summed E-state index contributed by atoms with van der Waals surface area (Å²) < 4.78 is 6.19. The van der Waals surface area contributed by atoms with Crippen LogP contribution in [-0.4, -0.2) is 28.2 Å². The molecule has 0 aromatic heterocycles. The van der Waals surface area contributed by atoms with Crippen molar-refractivity contribution in [3.8, 4) is 0 Å². The molecule has 8 atom stereocenters. The van der Waals surface area contributed by atoms with Crippen LogP contribution in [0.15, 0.2) is 11.6 Å². The van der Waals surface area contributed by atoms with Gasteiger partial charge in [0.15, 0.2) is 11.4 Å². The van der Waals surface area contributed by atoms with Gasteiger partial charge in [-0.2, -0.15) is 0 Å². The molecule has 4 fully saturated rings. The monoisotopic (exact) mass is 344 g/mol. The first-order valence-corrected chi connectivity index (χ1v) is 10.3. The number of ether oxygens (including phenoxy) is 1. The summed E-state index contributed by atoms with van der Waals surface area (Å²) in [5, 5.41) is 10.1. The summed E-state index contributed by atoms with van der Waals surface area (Å²) in [4.78, 5) is 12.6. The molecular weight excluding hydrogens is 312 g/mol. The third-order valence-corrected chi connectivity index (χ3v) is 9.46. The molecule has 1 aliphatic heterocycles. The van der Waals surface area contributed by atoms with Crippen LogP contribution in [-0.2, 0) is 9.53 Å². The zero-order valence-corrected chi connectivity index (χ0v) is 16.1. The average molecular weight is 344 g/mol. The number of aliphatic hydroxyl groups excluding tert-OH is 1. The summed E-state index contributed by atoms with van der Waals surface area (Å²) in [6.07, 6.45) is 9.75. The van der Waals surface area contributed by atoms with Crippen molar-refractivity contribution < 1.29 is 14.6 Å². The summed E-state index contributed by atoms with van der Waals surface area (Å²) in [5.74, 6) is 2.23. The number of hydrogen-bond donors (Lipinski definition) is 1. The second-order valence-electron chi connectivity index (χ2n) is 10.4. The van der Waals surface area contributed by atoms with Gasteiger partial charge in [0.25, 0.3) is 0 Å². The number of rotatable bonds is 1. The van der Waals surface area contributed by atoms with E-state index in [2.05, 4.69) is 26.8 Å². The average Bonchev–Trinajstić information content (AvgIpc) is 3.13. The van der Waals surface area contributed by atoms with Crippen LogP contribution in [0, 0.1) is 28.6 Å². The quantitative estimate of drug-likeness (QED) is 0.577. The van der Waals surface area contributed by atoms with Gasteiger partial charge in [0.2, 0.25) is 0 Å². The van der Waals surface area contributed by atoms with Crippen molar-refractivity contribution in [2.75, 3.05) is 0 Å². The lowest BCUT2D eigenvalue weighted by atomic mass is 9.47. The summed E-state index contributed by atoms with van der Waals surface area (Å²) in [6, 6.07) is 0. The Morgan fingerprint density at radius 1 is 1.20 bits per heavy atom. The number of ketones is 1. The molecule has 3 saturated carbocycles. The minimum absolute atomic E-state index is 0.00460. The first kappa shape index (κ1) is 16.5. The molecule has 0 unspecified atom stereocenters. The summed E-state index contributed by atoms with van der Waals surface area (Å²) >= 11 is 0. The predicted molar refractivity (Wildman–Crippen MR) is 96.0 cm³/mol. The van der Waals surface area contributed by atoms with Crippen LogP contribution in [0.1, 0.15) is 72.6 Å². The van der Waals surface area contributed by atoms with E-state index >= 15 is 0 Å². The maximum Gasteiger partial charge on any atom is 0.165 e. The van der Waals surface area contributed by atoms with Crippen LogP contribution in [0.25, 0.3) is 0 Å². The topological polar surface area (TPSA) is 49.8 Å². The van der Waals surface area contributed by atoms with Gasteiger partial charge in [-0.3, -0.25) is 4.79 Å². The Labute approximate surface area is 151 Å². The molecule has 0 bridgehead atoms. The Hall–Kier alpha value is -0.670. The molecular formula is C22H32O3. The van der Waals surface area contributed by atoms with Crippen molar-refractivity contribution in [1.29, 1.82) is 0 Å². The smallest absolute Gasteiger partial charge is 0.165 e. The van der Waals surface area contributed by atoms with Crippen molar-refractivity contribution in [3.05, 3.63) is 11.6 Å². The summed E-state index contributed by atoms with van der Waals surface area (Å²) in [7, 11) is 0. The molecule has 0 aromatic carbocycles. The molecule has 0 radical (unpaired) electrons. The Morgan fingerprint density at radius 2 is 1.96 bits per heavy atom. The number of carbonyl (C=O) groups excluding carboxylic acids is 1. The molecule has 1 saturated heterocycles. The molecule has 5 aliphatic rings. The molecule has 3 heteroatoms. The highest BCUT2D eigenvalue weighted by Crippen LogP contribution is 2.77. The fourth-order valence-electron chi connectivity index (χ4n) is 8.26. The second-order valence-corrected chi connectivity index (χ2v) is 10.4. The van der Waals surface area contributed by atoms with Crippen molar-refractivity contribution in [1.82, 2.24) is 0 Å². The molecule has 3 nitrogen and oxygen atoms in total. The maximum absolute atomic E-state index is 12.6. The van der Waals surface area contributed by atoms with Crippen LogP contribution in [0.4, 0.5) is 0 Å². The summed E-state index contributed by atoms with van der Waals surface area (Å²) in [6.45, 7) is 8.72. The fourth-order valence-corrected chi connectivity index (χ4v) is 8.26. The fraction of sp³-hybridized carbons (Fsp3) is 0.864. The number of Topliss-reactive ketones (excluding diaryl/α,β-unsaturated/α-hetero) is 1. The molecule has 138 valence electrons. The van der Waals surface area contributed by atoms with E-state index in [1.54, 1.807) is 6.92 Å². The lowest BCUT2D eigenvalue weighted by Gasteiger charge is -2.58. The molecule has 0 aromatic rings. The van der Waals surface area contributed by atoms with Crippen LogP contribution in [0.5, 0.6) is 0 Å². The second kappa shape index (κ2) is 4.59. The standard InChI is InChI=1S/C22H32O3/c1-13(23)22-20(3)10-8-17-16(18(20)12-21(22,4)25-22)6-5-14-11-15(24)7-9-19(14,17)2/h5,15-18,24H,6-12H2,1-4H3/t15-,16-,17+,18+,19-,20-,21+,22+/m0/s1. The minimum Gasteiger partial charge on any atom is -0.393 e.